The highest BCUT2D eigenvalue weighted by atomic mass is 16.3. The molecular formula is C16H18N2O2. The van der Waals surface area contributed by atoms with Crippen LogP contribution in [0.4, 0.5) is 5.69 Å². The second kappa shape index (κ2) is 5.25. The van der Waals surface area contributed by atoms with Gasteiger partial charge in [0.25, 0.3) is 5.91 Å². The van der Waals surface area contributed by atoms with Crippen LogP contribution in [0.1, 0.15) is 15.9 Å². The summed E-state index contributed by atoms with van der Waals surface area (Å²) in [7, 11) is 3.29. The third-order valence-corrected chi connectivity index (χ3v) is 3.19. The zero-order chi connectivity index (χ0) is 14.9. The summed E-state index contributed by atoms with van der Waals surface area (Å²) in [6.07, 6.45) is 0. The van der Waals surface area contributed by atoms with E-state index in [1.54, 1.807) is 26.2 Å². The highest BCUT2D eigenvalue weighted by Crippen LogP contribution is 2.35. The van der Waals surface area contributed by atoms with Gasteiger partial charge >= 0.3 is 0 Å². The molecule has 0 heterocycles. The van der Waals surface area contributed by atoms with Crippen LogP contribution in [0.5, 0.6) is 5.75 Å². The van der Waals surface area contributed by atoms with Crippen molar-refractivity contribution in [1.29, 1.82) is 0 Å². The van der Waals surface area contributed by atoms with E-state index in [9.17, 15) is 9.90 Å². The van der Waals surface area contributed by atoms with Gasteiger partial charge in [0, 0.05) is 14.1 Å². The van der Waals surface area contributed by atoms with E-state index in [1.807, 2.05) is 31.2 Å². The first kappa shape index (κ1) is 13.9. The van der Waals surface area contributed by atoms with Gasteiger partial charge < -0.3 is 15.7 Å². The number of carbonyl (C=O) groups excluding carboxylic acids is 1. The van der Waals surface area contributed by atoms with Gasteiger partial charge in [0.15, 0.2) is 5.75 Å². The normalized spacial score (nSPS) is 10.3. The molecule has 0 radical (unpaired) electrons. The molecule has 0 saturated heterocycles. The lowest BCUT2D eigenvalue weighted by molar-refractivity contribution is 0.0825. The monoisotopic (exact) mass is 270 g/mol. The Labute approximate surface area is 118 Å². The first-order chi connectivity index (χ1) is 9.41. The standard InChI is InChI=1S/C16H18N2O2/c1-10-4-6-11(7-5-10)12-8-9-13(17)15(19)14(12)16(20)18(2)3/h4-9,19H,17H2,1-3H3. The van der Waals surface area contributed by atoms with Crippen LogP contribution in [0.3, 0.4) is 0 Å². The average molecular weight is 270 g/mol. The quantitative estimate of drug-likeness (QED) is 0.651. The molecule has 2 rings (SSSR count). The molecule has 0 saturated carbocycles. The van der Waals surface area contributed by atoms with Crippen LogP contribution in [-0.4, -0.2) is 30.0 Å². The molecule has 104 valence electrons. The molecule has 0 aliphatic rings. The highest BCUT2D eigenvalue weighted by Gasteiger charge is 2.20. The van der Waals surface area contributed by atoms with Crippen molar-refractivity contribution in [3.05, 3.63) is 47.5 Å². The predicted molar refractivity (Wildman–Crippen MR) is 80.7 cm³/mol. The van der Waals surface area contributed by atoms with Crippen molar-refractivity contribution in [3.63, 3.8) is 0 Å². The minimum atomic E-state index is -0.273. The van der Waals surface area contributed by atoms with Crippen molar-refractivity contribution in [2.75, 3.05) is 19.8 Å². The second-order valence-corrected chi connectivity index (χ2v) is 4.99. The Hall–Kier alpha value is -2.49. The van der Waals surface area contributed by atoms with Crippen LogP contribution in [0.15, 0.2) is 36.4 Å². The van der Waals surface area contributed by atoms with E-state index in [4.69, 9.17) is 5.73 Å². The Bertz CT molecular complexity index is 646. The number of nitrogens with two attached hydrogens (primary N) is 1. The number of aromatic hydroxyl groups is 1. The van der Waals surface area contributed by atoms with E-state index in [1.165, 1.54) is 4.90 Å². The minimum absolute atomic E-state index is 0.165. The summed E-state index contributed by atoms with van der Waals surface area (Å²) in [6.45, 7) is 2.00. The van der Waals surface area contributed by atoms with Crippen molar-refractivity contribution in [3.8, 4) is 16.9 Å². The number of phenolic OH excluding ortho intramolecular Hbond substituents is 1. The number of aryl methyl sites for hydroxylation is 1. The third kappa shape index (κ3) is 2.45. The van der Waals surface area contributed by atoms with Crippen molar-refractivity contribution < 1.29 is 9.90 Å². The maximum Gasteiger partial charge on any atom is 0.257 e. The predicted octanol–water partition coefficient (Wildman–Crippen LogP) is 2.65. The summed E-state index contributed by atoms with van der Waals surface area (Å²) in [5.41, 5.74) is 8.82. The van der Waals surface area contributed by atoms with Gasteiger partial charge in [-0.05, 0) is 24.1 Å². The summed E-state index contributed by atoms with van der Waals surface area (Å²) in [5, 5.41) is 10.1. The molecule has 0 aliphatic heterocycles. The van der Waals surface area contributed by atoms with Crippen LogP contribution in [0.25, 0.3) is 11.1 Å². The molecule has 4 heteroatoms. The van der Waals surface area contributed by atoms with E-state index in [0.717, 1.165) is 11.1 Å². The molecule has 0 bridgehead atoms. The fourth-order valence-corrected chi connectivity index (χ4v) is 2.02. The third-order valence-electron chi connectivity index (χ3n) is 3.19. The number of carbonyl (C=O) groups is 1. The van der Waals surface area contributed by atoms with Gasteiger partial charge in [0.05, 0.1) is 11.3 Å². The fraction of sp³-hybridized carbons (Fsp3) is 0.188. The number of nitrogen functional groups attached to an aromatic ring is 1. The number of benzene rings is 2. The largest absolute Gasteiger partial charge is 0.505 e. The van der Waals surface area contributed by atoms with E-state index >= 15 is 0 Å². The molecule has 0 aromatic heterocycles. The Balaban J connectivity index is 2.67. The second-order valence-electron chi connectivity index (χ2n) is 4.99. The molecule has 0 atom stereocenters. The number of phenols is 1. The van der Waals surface area contributed by atoms with E-state index in [2.05, 4.69) is 0 Å². The smallest absolute Gasteiger partial charge is 0.257 e. The molecular weight excluding hydrogens is 252 g/mol. The SMILES string of the molecule is Cc1ccc(-c2ccc(N)c(O)c2C(=O)N(C)C)cc1. The number of rotatable bonds is 2. The maximum atomic E-state index is 12.3. The van der Waals surface area contributed by atoms with Crippen molar-refractivity contribution >= 4 is 11.6 Å². The van der Waals surface area contributed by atoms with Gasteiger partial charge in [-0.15, -0.1) is 0 Å². The Morgan fingerprint density at radius 1 is 1.10 bits per heavy atom. The maximum absolute atomic E-state index is 12.3. The Kier molecular flexibility index (Phi) is 3.66. The molecule has 2 aromatic rings. The summed E-state index contributed by atoms with van der Waals surface area (Å²) in [5.74, 6) is -0.438. The molecule has 0 fully saturated rings. The number of amides is 1. The molecule has 4 nitrogen and oxygen atoms in total. The zero-order valence-corrected chi connectivity index (χ0v) is 11.8. The molecule has 0 unspecified atom stereocenters. The van der Waals surface area contributed by atoms with E-state index in [-0.39, 0.29) is 22.9 Å². The Morgan fingerprint density at radius 3 is 2.25 bits per heavy atom. The van der Waals surface area contributed by atoms with Gasteiger partial charge in [0.2, 0.25) is 0 Å². The lowest BCUT2D eigenvalue weighted by atomic mass is 9.96. The van der Waals surface area contributed by atoms with Crippen molar-refractivity contribution in [2.24, 2.45) is 0 Å². The number of hydrogen-bond acceptors (Lipinski definition) is 3. The topological polar surface area (TPSA) is 66.6 Å². The van der Waals surface area contributed by atoms with Crippen LogP contribution in [-0.2, 0) is 0 Å². The van der Waals surface area contributed by atoms with Gasteiger partial charge in [-0.25, -0.2) is 0 Å². The summed E-state index contributed by atoms with van der Waals surface area (Å²) in [6, 6.07) is 11.1. The zero-order valence-electron chi connectivity index (χ0n) is 11.8. The molecule has 3 N–H and O–H groups in total. The number of nitrogens with zero attached hydrogens (tertiary/aromatic N) is 1. The lowest BCUT2D eigenvalue weighted by Gasteiger charge is -2.17. The molecule has 0 aliphatic carbocycles. The first-order valence-corrected chi connectivity index (χ1v) is 6.32. The van der Waals surface area contributed by atoms with Crippen LogP contribution in [0.2, 0.25) is 0 Å². The van der Waals surface area contributed by atoms with Gasteiger partial charge in [-0.1, -0.05) is 35.9 Å². The lowest BCUT2D eigenvalue weighted by Crippen LogP contribution is -2.22. The van der Waals surface area contributed by atoms with Crippen LogP contribution in [0, 0.1) is 6.92 Å². The number of hydrogen-bond donors (Lipinski definition) is 2. The van der Waals surface area contributed by atoms with Gasteiger partial charge in [-0.2, -0.15) is 0 Å². The summed E-state index contributed by atoms with van der Waals surface area (Å²) in [4.78, 5) is 13.7. The molecule has 2 aromatic carbocycles. The fourth-order valence-electron chi connectivity index (χ4n) is 2.02. The molecule has 20 heavy (non-hydrogen) atoms. The van der Waals surface area contributed by atoms with Gasteiger partial charge in [0.1, 0.15) is 0 Å². The average Bonchev–Trinajstić information content (AvgIpc) is 2.42. The van der Waals surface area contributed by atoms with Crippen LogP contribution >= 0.6 is 0 Å². The summed E-state index contributed by atoms with van der Waals surface area (Å²) >= 11 is 0. The molecule has 0 spiro atoms. The number of anilines is 1. The van der Waals surface area contributed by atoms with E-state index in [0.29, 0.717) is 5.56 Å². The first-order valence-electron chi connectivity index (χ1n) is 6.32. The van der Waals surface area contributed by atoms with E-state index < -0.39 is 0 Å². The van der Waals surface area contributed by atoms with Gasteiger partial charge in [-0.3, -0.25) is 4.79 Å². The van der Waals surface area contributed by atoms with Crippen molar-refractivity contribution in [2.45, 2.75) is 6.92 Å². The van der Waals surface area contributed by atoms with Crippen molar-refractivity contribution in [1.82, 2.24) is 4.90 Å². The Morgan fingerprint density at radius 2 is 1.70 bits per heavy atom. The highest BCUT2D eigenvalue weighted by molar-refractivity contribution is 6.04. The minimum Gasteiger partial charge on any atom is -0.505 e. The molecule has 1 amide bonds. The van der Waals surface area contributed by atoms with Crippen LogP contribution < -0.4 is 5.73 Å². The summed E-state index contributed by atoms with van der Waals surface area (Å²) < 4.78 is 0.